The van der Waals surface area contributed by atoms with Crippen molar-refractivity contribution in [3.8, 4) is 0 Å². The Kier molecular flexibility index (Phi) is 1.80. The van der Waals surface area contributed by atoms with Crippen molar-refractivity contribution in [2.24, 2.45) is 5.73 Å². The predicted molar refractivity (Wildman–Crippen MR) is 42.2 cm³/mol. The Morgan fingerprint density at radius 2 is 2.40 bits per heavy atom. The van der Waals surface area contributed by atoms with Crippen molar-refractivity contribution >= 4 is 21.8 Å². The molecule has 0 saturated heterocycles. The molecule has 54 valence electrons. The summed E-state index contributed by atoms with van der Waals surface area (Å²) in [5.41, 5.74) is 6.07. The van der Waals surface area contributed by atoms with Crippen LogP contribution in [-0.2, 0) is 0 Å². The number of halogens is 1. The largest absolute Gasteiger partial charge is 0.446 e. The van der Waals surface area contributed by atoms with E-state index in [0.717, 1.165) is 5.56 Å². The molecule has 10 heavy (non-hydrogen) atoms. The molecule has 1 rings (SSSR count). The van der Waals surface area contributed by atoms with Gasteiger partial charge in [-0.2, -0.15) is 0 Å². The van der Waals surface area contributed by atoms with Crippen molar-refractivity contribution in [2.75, 3.05) is 0 Å². The molecule has 0 fully saturated rings. The van der Waals surface area contributed by atoms with Crippen LogP contribution in [-0.4, -0.2) is 5.84 Å². The van der Waals surface area contributed by atoms with Crippen LogP contribution in [0.3, 0.4) is 0 Å². The van der Waals surface area contributed by atoms with E-state index in [0.29, 0.717) is 10.4 Å². The molecule has 1 heterocycles. The number of nitrogen functional groups attached to an aromatic ring is 1. The summed E-state index contributed by atoms with van der Waals surface area (Å²) < 4.78 is 5.65. The van der Waals surface area contributed by atoms with Gasteiger partial charge < -0.3 is 10.2 Å². The number of nitrogens with one attached hydrogen (secondary N) is 1. The summed E-state index contributed by atoms with van der Waals surface area (Å²) in [7, 11) is 0. The van der Waals surface area contributed by atoms with E-state index in [9.17, 15) is 0 Å². The molecule has 0 aliphatic carbocycles. The average Bonchev–Trinajstić information content (AvgIpc) is 2.10. The van der Waals surface area contributed by atoms with Gasteiger partial charge in [-0.1, -0.05) is 0 Å². The monoisotopic (exact) mass is 202 g/mol. The van der Waals surface area contributed by atoms with Crippen LogP contribution in [0.5, 0.6) is 0 Å². The number of rotatable bonds is 1. The van der Waals surface area contributed by atoms with Gasteiger partial charge in [-0.3, -0.25) is 5.41 Å². The van der Waals surface area contributed by atoms with E-state index >= 15 is 0 Å². The molecule has 0 unspecified atom stereocenters. The summed E-state index contributed by atoms with van der Waals surface area (Å²) in [6, 6.07) is 1.77. The Morgan fingerprint density at radius 3 is 2.60 bits per heavy atom. The van der Waals surface area contributed by atoms with Crippen molar-refractivity contribution in [3.05, 3.63) is 22.1 Å². The van der Waals surface area contributed by atoms with Gasteiger partial charge in [0.15, 0.2) is 16.3 Å². The van der Waals surface area contributed by atoms with Crippen LogP contribution >= 0.6 is 15.9 Å². The maximum atomic E-state index is 7.05. The Morgan fingerprint density at radius 1 is 1.80 bits per heavy atom. The second kappa shape index (κ2) is 2.46. The van der Waals surface area contributed by atoms with Gasteiger partial charge in [0.25, 0.3) is 0 Å². The maximum absolute atomic E-state index is 7.05. The highest BCUT2D eigenvalue weighted by atomic mass is 79.9. The van der Waals surface area contributed by atoms with Crippen LogP contribution < -0.4 is 5.73 Å². The number of hydrogen-bond donors (Lipinski definition) is 2. The summed E-state index contributed by atoms with van der Waals surface area (Å²) >= 11 is 3.13. The molecule has 3 N–H and O–H groups in total. The zero-order valence-corrected chi connectivity index (χ0v) is 7.03. The second-order valence-corrected chi connectivity index (χ2v) is 2.76. The van der Waals surface area contributed by atoms with Gasteiger partial charge in [0, 0.05) is 0 Å². The Bertz CT molecular complexity index is 267. The van der Waals surface area contributed by atoms with Gasteiger partial charge in [0.05, 0.1) is 0 Å². The second-order valence-electron chi connectivity index (χ2n) is 1.98. The molecule has 0 aliphatic rings. The fourth-order valence-electron chi connectivity index (χ4n) is 0.711. The van der Waals surface area contributed by atoms with Crippen molar-refractivity contribution in [1.29, 1.82) is 5.41 Å². The zero-order chi connectivity index (χ0) is 7.72. The lowest BCUT2D eigenvalue weighted by molar-refractivity contribution is 0.529. The first-order valence-corrected chi connectivity index (χ1v) is 3.51. The van der Waals surface area contributed by atoms with Gasteiger partial charge in [-0.25, -0.2) is 0 Å². The number of aryl methyl sites for hydroxylation is 1. The fraction of sp³-hybridized carbons (Fsp3) is 0.167. The number of furan rings is 1. The molecule has 3 nitrogen and oxygen atoms in total. The van der Waals surface area contributed by atoms with E-state index in [1.54, 1.807) is 6.07 Å². The maximum Gasteiger partial charge on any atom is 0.172 e. The minimum absolute atomic E-state index is 0.0387. The molecule has 1 aromatic rings. The highest BCUT2D eigenvalue weighted by molar-refractivity contribution is 9.10. The van der Waals surface area contributed by atoms with Gasteiger partial charge in [0.1, 0.15) is 0 Å². The van der Waals surface area contributed by atoms with Crippen LogP contribution in [0.2, 0.25) is 0 Å². The Balaban J connectivity index is 3.15. The first kappa shape index (κ1) is 7.34. The SMILES string of the molecule is Cc1cc(Br)oc1C(=N)N. The third-order valence-corrected chi connectivity index (χ3v) is 1.52. The van der Waals surface area contributed by atoms with E-state index < -0.39 is 0 Å². The molecule has 0 spiro atoms. The topological polar surface area (TPSA) is 63.0 Å². The molecular weight excluding hydrogens is 196 g/mol. The molecule has 0 radical (unpaired) electrons. The molecule has 4 heteroatoms. The standard InChI is InChI=1S/C6H7BrN2O/c1-3-2-4(7)10-5(3)6(8)9/h2H,1H3,(H3,8,9). The zero-order valence-electron chi connectivity index (χ0n) is 5.44. The molecule has 0 saturated carbocycles. The molecular formula is C6H7BrN2O. The minimum atomic E-state index is -0.0387. The lowest BCUT2D eigenvalue weighted by atomic mass is 10.3. The predicted octanol–water partition coefficient (Wildman–Crippen LogP) is 1.63. The molecule has 0 amide bonds. The van der Waals surface area contributed by atoms with Crippen LogP contribution in [0.4, 0.5) is 0 Å². The average molecular weight is 203 g/mol. The van der Waals surface area contributed by atoms with E-state index in [-0.39, 0.29) is 5.84 Å². The number of amidine groups is 1. The van der Waals surface area contributed by atoms with Crippen LogP contribution in [0.15, 0.2) is 15.2 Å². The Labute approximate surface area is 66.8 Å². The van der Waals surface area contributed by atoms with Crippen molar-refractivity contribution in [2.45, 2.75) is 6.92 Å². The first-order valence-electron chi connectivity index (χ1n) is 2.71. The molecule has 0 aromatic carbocycles. The van der Waals surface area contributed by atoms with Crippen LogP contribution in [0.1, 0.15) is 11.3 Å². The third-order valence-electron chi connectivity index (χ3n) is 1.13. The van der Waals surface area contributed by atoms with Crippen molar-refractivity contribution in [1.82, 2.24) is 0 Å². The van der Waals surface area contributed by atoms with Gasteiger partial charge in [0.2, 0.25) is 0 Å². The minimum Gasteiger partial charge on any atom is -0.446 e. The van der Waals surface area contributed by atoms with Crippen LogP contribution in [0.25, 0.3) is 0 Å². The lowest BCUT2D eigenvalue weighted by Crippen LogP contribution is -2.10. The van der Waals surface area contributed by atoms with E-state index in [2.05, 4.69) is 15.9 Å². The highest BCUT2D eigenvalue weighted by Gasteiger charge is 2.06. The first-order chi connectivity index (χ1) is 4.61. The summed E-state index contributed by atoms with van der Waals surface area (Å²) in [5, 5.41) is 7.05. The summed E-state index contributed by atoms with van der Waals surface area (Å²) in [5.74, 6) is 0.398. The number of hydrogen-bond acceptors (Lipinski definition) is 2. The third kappa shape index (κ3) is 1.21. The molecule has 0 aliphatic heterocycles. The van der Waals surface area contributed by atoms with Crippen LogP contribution in [0, 0.1) is 12.3 Å². The van der Waals surface area contributed by atoms with Crippen molar-refractivity contribution < 1.29 is 4.42 Å². The molecule has 0 atom stereocenters. The van der Waals surface area contributed by atoms with Gasteiger partial charge >= 0.3 is 0 Å². The quantitative estimate of drug-likeness (QED) is 0.538. The van der Waals surface area contributed by atoms with E-state index in [1.807, 2.05) is 6.92 Å². The Hall–Kier alpha value is -0.770. The smallest absolute Gasteiger partial charge is 0.172 e. The molecule has 0 bridgehead atoms. The summed E-state index contributed by atoms with van der Waals surface area (Å²) in [6.45, 7) is 1.84. The molecule has 1 aromatic heterocycles. The van der Waals surface area contributed by atoms with Gasteiger partial charge in [-0.15, -0.1) is 0 Å². The normalized spacial score (nSPS) is 9.80. The number of nitrogens with two attached hydrogens (primary N) is 1. The van der Waals surface area contributed by atoms with E-state index in [4.69, 9.17) is 15.6 Å². The van der Waals surface area contributed by atoms with E-state index in [1.165, 1.54) is 0 Å². The fourth-order valence-corrected chi connectivity index (χ4v) is 1.22. The van der Waals surface area contributed by atoms with Crippen molar-refractivity contribution in [3.63, 3.8) is 0 Å². The van der Waals surface area contributed by atoms with Gasteiger partial charge in [-0.05, 0) is 34.5 Å². The summed E-state index contributed by atoms with van der Waals surface area (Å²) in [6.07, 6.45) is 0. The highest BCUT2D eigenvalue weighted by Crippen LogP contribution is 2.18. The summed E-state index contributed by atoms with van der Waals surface area (Å²) in [4.78, 5) is 0. The lowest BCUT2D eigenvalue weighted by Gasteiger charge is -1.90.